The largest absolute Gasteiger partial charge is 0.494 e. The molecular weight excluding hydrogens is 139 g/mol. The van der Waals surface area contributed by atoms with Gasteiger partial charge < -0.3 is 9.76 Å². The molecule has 0 amide bonds. The van der Waals surface area contributed by atoms with Crippen LogP contribution in [0.4, 0.5) is 0 Å². The van der Waals surface area contributed by atoms with E-state index in [9.17, 15) is 0 Å². The van der Waals surface area contributed by atoms with Crippen LogP contribution in [0.1, 0.15) is 6.92 Å². The summed E-state index contributed by atoms with van der Waals surface area (Å²) in [5, 5.41) is 8.59. The Labute approximate surface area is 67.1 Å². The summed E-state index contributed by atoms with van der Waals surface area (Å²) in [6.07, 6.45) is 0. The Balaban J connectivity index is 2.66. The van der Waals surface area contributed by atoms with Crippen molar-refractivity contribution in [2.24, 2.45) is 0 Å². The molecule has 0 spiro atoms. The maximum Gasteiger partial charge on any atom is 0.326 e. The van der Waals surface area contributed by atoms with E-state index < -0.39 is 0 Å². The van der Waals surface area contributed by atoms with Crippen LogP contribution in [0.15, 0.2) is 24.3 Å². The fourth-order valence-corrected chi connectivity index (χ4v) is 0.817. The van der Waals surface area contributed by atoms with Crippen LogP contribution in [0.5, 0.6) is 5.75 Å². The van der Waals surface area contributed by atoms with Gasteiger partial charge in [0, 0.05) is 0 Å². The molecule has 11 heavy (non-hydrogen) atoms. The van der Waals surface area contributed by atoms with Crippen molar-refractivity contribution in [1.82, 2.24) is 0 Å². The van der Waals surface area contributed by atoms with Crippen molar-refractivity contribution >= 4 is 12.9 Å². The summed E-state index contributed by atoms with van der Waals surface area (Å²) in [7, 11) is 1.07. The Bertz CT molecular complexity index is 208. The Morgan fingerprint density at radius 2 is 2.00 bits per heavy atom. The van der Waals surface area contributed by atoms with Crippen LogP contribution >= 0.6 is 0 Å². The van der Waals surface area contributed by atoms with Crippen molar-refractivity contribution in [2.75, 3.05) is 6.61 Å². The van der Waals surface area contributed by atoms with Gasteiger partial charge in [-0.2, -0.15) is 0 Å². The molecule has 0 saturated carbocycles. The topological polar surface area (TPSA) is 29.5 Å². The van der Waals surface area contributed by atoms with Crippen LogP contribution in [0.3, 0.4) is 0 Å². The standard InChI is InChI=1S/C8H10BO2/c1-2-11-8-5-3-7(9-10)4-6-8/h3-6,10H,2H2,1H3. The van der Waals surface area contributed by atoms with Gasteiger partial charge in [0.15, 0.2) is 0 Å². The van der Waals surface area contributed by atoms with Crippen molar-refractivity contribution in [3.63, 3.8) is 0 Å². The van der Waals surface area contributed by atoms with E-state index in [4.69, 9.17) is 9.76 Å². The molecule has 3 heteroatoms. The van der Waals surface area contributed by atoms with Gasteiger partial charge in [-0.1, -0.05) is 17.6 Å². The third-order valence-electron chi connectivity index (χ3n) is 1.34. The average Bonchev–Trinajstić information content (AvgIpc) is 2.07. The molecule has 0 aliphatic carbocycles. The number of ether oxygens (including phenoxy) is 1. The van der Waals surface area contributed by atoms with Gasteiger partial charge in [0.1, 0.15) is 5.75 Å². The number of hydrogen-bond donors (Lipinski definition) is 1. The van der Waals surface area contributed by atoms with Crippen LogP contribution < -0.4 is 10.2 Å². The second kappa shape index (κ2) is 4.03. The molecule has 0 aromatic heterocycles. The van der Waals surface area contributed by atoms with E-state index in [2.05, 4.69) is 0 Å². The predicted molar refractivity (Wildman–Crippen MR) is 45.2 cm³/mol. The summed E-state index contributed by atoms with van der Waals surface area (Å²) >= 11 is 0. The normalized spacial score (nSPS) is 9.27. The maximum absolute atomic E-state index is 8.59. The molecule has 0 bridgehead atoms. The van der Waals surface area contributed by atoms with Crippen molar-refractivity contribution in [1.29, 1.82) is 0 Å². The summed E-state index contributed by atoms with van der Waals surface area (Å²) in [6.45, 7) is 2.61. The Kier molecular flexibility index (Phi) is 2.99. The minimum absolute atomic E-state index is 0.669. The monoisotopic (exact) mass is 149 g/mol. The molecule has 0 unspecified atom stereocenters. The zero-order valence-corrected chi connectivity index (χ0v) is 6.45. The van der Waals surface area contributed by atoms with Crippen LogP contribution in [0.2, 0.25) is 0 Å². The van der Waals surface area contributed by atoms with E-state index >= 15 is 0 Å². The van der Waals surface area contributed by atoms with Crippen LogP contribution in [0.25, 0.3) is 0 Å². The maximum atomic E-state index is 8.59. The summed E-state index contributed by atoms with van der Waals surface area (Å²) in [5.74, 6) is 0.832. The zero-order chi connectivity index (χ0) is 8.10. The summed E-state index contributed by atoms with van der Waals surface area (Å²) in [4.78, 5) is 0. The van der Waals surface area contributed by atoms with E-state index in [1.165, 1.54) is 0 Å². The van der Waals surface area contributed by atoms with Gasteiger partial charge in [0.2, 0.25) is 0 Å². The first-order valence-corrected chi connectivity index (χ1v) is 3.57. The molecular formula is C8H10BO2. The second-order valence-electron chi connectivity index (χ2n) is 2.13. The first kappa shape index (κ1) is 8.14. The average molecular weight is 149 g/mol. The van der Waals surface area contributed by atoms with Gasteiger partial charge in [-0.25, -0.2) is 0 Å². The molecule has 0 saturated heterocycles. The van der Waals surface area contributed by atoms with Gasteiger partial charge >= 0.3 is 7.48 Å². The third-order valence-corrected chi connectivity index (χ3v) is 1.34. The molecule has 0 heterocycles. The van der Waals surface area contributed by atoms with Crippen molar-refractivity contribution in [3.8, 4) is 5.75 Å². The van der Waals surface area contributed by atoms with Crippen LogP contribution in [0, 0.1) is 0 Å². The molecule has 1 rings (SSSR count). The van der Waals surface area contributed by atoms with E-state index in [0.717, 1.165) is 18.7 Å². The lowest BCUT2D eigenvalue weighted by Crippen LogP contribution is -2.12. The SMILES string of the molecule is CCOc1ccc([B]O)cc1. The highest BCUT2D eigenvalue weighted by Crippen LogP contribution is 2.06. The smallest absolute Gasteiger partial charge is 0.326 e. The number of benzene rings is 1. The minimum atomic E-state index is 0.669. The molecule has 0 atom stereocenters. The van der Waals surface area contributed by atoms with Gasteiger partial charge in [-0.15, -0.1) is 0 Å². The molecule has 2 nitrogen and oxygen atoms in total. The Morgan fingerprint density at radius 3 is 2.45 bits per heavy atom. The highest BCUT2D eigenvalue weighted by molar-refractivity contribution is 6.45. The first-order valence-electron chi connectivity index (χ1n) is 3.57. The Hall–Kier alpha value is -0.955. The third kappa shape index (κ3) is 2.28. The minimum Gasteiger partial charge on any atom is -0.494 e. The van der Waals surface area contributed by atoms with Crippen molar-refractivity contribution in [3.05, 3.63) is 24.3 Å². The zero-order valence-electron chi connectivity index (χ0n) is 6.45. The second-order valence-corrected chi connectivity index (χ2v) is 2.13. The van der Waals surface area contributed by atoms with Crippen LogP contribution in [-0.2, 0) is 0 Å². The first-order chi connectivity index (χ1) is 5.36. The number of rotatable bonds is 3. The fraction of sp³-hybridized carbons (Fsp3) is 0.250. The van der Waals surface area contributed by atoms with Gasteiger partial charge in [-0.3, -0.25) is 0 Å². The van der Waals surface area contributed by atoms with Gasteiger partial charge in [-0.05, 0) is 19.1 Å². The van der Waals surface area contributed by atoms with Crippen LogP contribution in [-0.4, -0.2) is 19.1 Å². The summed E-state index contributed by atoms with van der Waals surface area (Å²) < 4.78 is 5.21. The Morgan fingerprint density at radius 1 is 1.36 bits per heavy atom. The highest BCUT2D eigenvalue weighted by atomic mass is 16.5. The molecule has 0 fully saturated rings. The lowest BCUT2D eigenvalue weighted by molar-refractivity contribution is 0.340. The quantitative estimate of drug-likeness (QED) is 0.627. The van der Waals surface area contributed by atoms with Gasteiger partial charge in [0.25, 0.3) is 0 Å². The molecule has 1 N–H and O–H groups in total. The summed E-state index contributed by atoms with van der Waals surface area (Å²) in [5.41, 5.74) is 0.786. The fourth-order valence-electron chi connectivity index (χ4n) is 0.817. The van der Waals surface area contributed by atoms with Crippen molar-refractivity contribution < 1.29 is 9.76 Å². The molecule has 0 aliphatic heterocycles. The number of hydrogen-bond acceptors (Lipinski definition) is 2. The molecule has 1 aromatic carbocycles. The van der Waals surface area contributed by atoms with E-state index in [1.807, 2.05) is 19.1 Å². The summed E-state index contributed by atoms with van der Waals surface area (Å²) in [6, 6.07) is 7.24. The van der Waals surface area contributed by atoms with E-state index in [-0.39, 0.29) is 0 Å². The van der Waals surface area contributed by atoms with E-state index in [1.54, 1.807) is 12.1 Å². The molecule has 0 aliphatic rings. The highest BCUT2D eigenvalue weighted by Gasteiger charge is 1.93. The lowest BCUT2D eigenvalue weighted by atomic mass is 9.89. The van der Waals surface area contributed by atoms with Crippen molar-refractivity contribution in [2.45, 2.75) is 6.92 Å². The predicted octanol–water partition coefficient (Wildman–Crippen LogP) is 0.322. The van der Waals surface area contributed by atoms with E-state index in [0.29, 0.717) is 6.61 Å². The molecule has 1 radical (unpaired) electrons. The molecule has 1 aromatic rings. The molecule has 57 valence electrons. The lowest BCUT2D eigenvalue weighted by Gasteiger charge is -2.01. The van der Waals surface area contributed by atoms with Gasteiger partial charge in [0.05, 0.1) is 6.61 Å².